The molecule has 0 heterocycles. The van der Waals surface area contributed by atoms with Crippen LogP contribution in [0.5, 0.6) is 5.75 Å². The van der Waals surface area contributed by atoms with E-state index in [9.17, 15) is 14.7 Å². The monoisotopic (exact) mass is 488 g/mol. The SMILES string of the molecule is CCCCC(=O)O[C@H](CCc1ccccc1)NC(=O)c1ccc(NC)c(CCc2ccc(O)cc2)c1. The molecular formula is C30H36N2O4. The van der Waals surface area contributed by atoms with Gasteiger partial charge in [-0.05, 0) is 72.7 Å². The molecule has 0 aliphatic rings. The first-order chi connectivity index (χ1) is 17.5. The van der Waals surface area contributed by atoms with Gasteiger partial charge in [-0.2, -0.15) is 0 Å². The zero-order chi connectivity index (χ0) is 25.8. The molecule has 0 fully saturated rings. The second kappa shape index (κ2) is 13.9. The molecule has 1 amide bonds. The van der Waals surface area contributed by atoms with Crippen LogP contribution in [-0.2, 0) is 28.8 Å². The van der Waals surface area contributed by atoms with Crippen molar-refractivity contribution in [2.75, 3.05) is 12.4 Å². The van der Waals surface area contributed by atoms with Crippen LogP contribution >= 0.6 is 0 Å². The Balaban J connectivity index is 1.70. The molecule has 3 aromatic carbocycles. The lowest BCUT2D eigenvalue weighted by atomic mass is 10.00. The number of carbonyl (C=O) groups is 2. The third kappa shape index (κ3) is 8.45. The van der Waals surface area contributed by atoms with Crippen molar-refractivity contribution in [1.82, 2.24) is 5.32 Å². The number of rotatable bonds is 13. The van der Waals surface area contributed by atoms with Gasteiger partial charge in [-0.25, -0.2) is 0 Å². The standard InChI is InChI=1S/C30H36N2O4/c1-3-4-10-29(34)36-28(20-14-22-8-6-5-7-9-22)32-30(35)25-16-19-27(31-2)24(21-25)15-11-23-12-17-26(33)18-13-23/h5-9,12-13,16-19,21,28,31,33H,3-4,10-11,14-15,20H2,1-2H3,(H,32,35)/t28-/m1/s1. The van der Waals surface area contributed by atoms with Gasteiger partial charge in [0.2, 0.25) is 0 Å². The molecule has 3 N–H and O–H groups in total. The van der Waals surface area contributed by atoms with E-state index in [1.165, 1.54) is 0 Å². The number of amides is 1. The molecule has 0 unspecified atom stereocenters. The van der Waals surface area contributed by atoms with E-state index in [2.05, 4.69) is 10.6 Å². The Hall–Kier alpha value is -3.80. The van der Waals surface area contributed by atoms with Crippen LogP contribution in [0.3, 0.4) is 0 Å². The maximum absolute atomic E-state index is 13.2. The molecular weight excluding hydrogens is 452 g/mol. The molecule has 0 aliphatic carbocycles. The van der Waals surface area contributed by atoms with Gasteiger partial charge in [0.05, 0.1) is 0 Å². The number of aromatic hydroxyl groups is 1. The number of phenolic OH excluding ortho intramolecular Hbond substituents is 1. The zero-order valence-electron chi connectivity index (χ0n) is 21.1. The number of hydrogen-bond donors (Lipinski definition) is 3. The molecule has 0 saturated heterocycles. The van der Waals surface area contributed by atoms with Crippen LogP contribution in [0.1, 0.15) is 59.7 Å². The number of aryl methyl sites for hydroxylation is 3. The molecule has 0 saturated carbocycles. The average Bonchev–Trinajstić information content (AvgIpc) is 2.90. The summed E-state index contributed by atoms with van der Waals surface area (Å²) in [5.41, 5.74) is 4.71. The molecule has 190 valence electrons. The van der Waals surface area contributed by atoms with Crippen LogP contribution in [0.4, 0.5) is 5.69 Å². The molecule has 36 heavy (non-hydrogen) atoms. The maximum Gasteiger partial charge on any atom is 0.307 e. The summed E-state index contributed by atoms with van der Waals surface area (Å²) in [5, 5.41) is 15.6. The molecule has 0 aliphatic heterocycles. The van der Waals surface area contributed by atoms with E-state index in [4.69, 9.17) is 4.74 Å². The molecule has 0 radical (unpaired) electrons. The number of benzene rings is 3. The van der Waals surface area contributed by atoms with Gasteiger partial charge in [-0.1, -0.05) is 55.8 Å². The van der Waals surface area contributed by atoms with Gasteiger partial charge in [0.15, 0.2) is 6.23 Å². The van der Waals surface area contributed by atoms with Crippen LogP contribution in [-0.4, -0.2) is 30.3 Å². The summed E-state index contributed by atoms with van der Waals surface area (Å²) in [6.45, 7) is 2.02. The van der Waals surface area contributed by atoms with Crippen molar-refractivity contribution in [3.05, 3.63) is 95.1 Å². The summed E-state index contributed by atoms with van der Waals surface area (Å²) in [6.07, 6.45) is 3.98. The molecule has 3 rings (SSSR count). The van der Waals surface area contributed by atoms with Crippen molar-refractivity contribution in [2.24, 2.45) is 0 Å². The van der Waals surface area contributed by atoms with Crippen LogP contribution < -0.4 is 10.6 Å². The highest BCUT2D eigenvalue weighted by atomic mass is 16.6. The van der Waals surface area contributed by atoms with Gasteiger partial charge < -0.3 is 20.5 Å². The van der Waals surface area contributed by atoms with Crippen molar-refractivity contribution < 1.29 is 19.4 Å². The van der Waals surface area contributed by atoms with Crippen LogP contribution in [0.15, 0.2) is 72.8 Å². The quantitative estimate of drug-likeness (QED) is 0.214. The van der Waals surface area contributed by atoms with E-state index in [1.807, 2.05) is 68.6 Å². The minimum atomic E-state index is -0.702. The largest absolute Gasteiger partial charge is 0.508 e. The van der Waals surface area contributed by atoms with Gasteiger partial charge in [0, 0.05) is 31.1 Å². The Morgan fingerprint density at radius 2 is 1.64 bits per heavy atom. The maximum atomic E-state index is 13.2. The van der Waals surface area contributed by atoms with Gasteiger partial charge in [0.25, 0.3) is 5.91 Å². The van der Waals surface area contributed by atoms with E-state index >= 15 is 0 Å². The number of unbranched alkanes of at least 4 members (excludes halogenated alkanes) is 1. The smallest absolute Gasteiger partial charge is 0.307 e. The first-order valence-electron chi connectivity index (χ1n) is 12.6. The summed E-state index contributed by atoms with van der Waals surface area (Å²) in [7, 11) is 1.86. The predicted octanol–water partition coefficient (Wildman–Crippen LogP) is 5.64. The zero-order valence-corrected chi connectivity index (χ0v) is 21.1. The summed E-state index contributed by atoms with van der Waals surface area (Å²) in [5.74, 6) is -0.328. The fraction of sp³-hybridized carbons (Fsp3) is 0.333. The Bertz CT molecular complexity index is 1110. The third-order valence-electron chi connectivity index (χ3n) is 6.09. The molecule has 1 atom stereocenters. The number of esters is 1. The minimum Gasteiger partial charge on any atom is -0.508 e. The lowest BCUT2D eigenvalue weighted by Gasteiger charge is -2.20. The molecule has 0 aromatic heterocycles. The lowest BCUT2D eigenvalue weighted by Crippen LogP contribution is -2.38. The number of nitrogens with one attached hydrogen (secondary N) is 2. The Morgan fingerprint density at radius 3 is 2.33 bits per heavy atom. The van der Waals surface area contributed by atoms with E-state index in [0.29, 0.717) is 24.8 Å². The Kier molecular flexibility index (Phi) is 10.4. The number of hydrogen-bond acceptors (Lipinski definition) is 5. The summed E-state index contributed by atoms with van der Waals surface area (Å²) in [4.78, 5) is 25.5. The number of anilines is 1. The van der Waals surface area contributed by atoms with E-state index in [1.54, 1.807) is 18.2 Å². The van der Waals surface area contributed by atoms with Gasteiger partial charge >= 0.3 is 5.97 Å². The third-order valence-corrected chi connectivity index (χ3v) is 6.09. The van der Waals surface area contributed by atoms with Crippen LogP contribution in [0.25, 0.3) is 0 Å². The van der Waals surface area contributed by atoms with Crippen LogP contribution in [0.2, 0.25) is 0 Å². The van der Waals surface area contributed by atoms with E-state index in [0.717, 1.165) is 48.1 Å². The number of carbonyl (C=O) groups excluding carboxylic acids is 2. The number of phenols is 1. The fourth-order valence-corrected chi connectivity index (χ4v) is 4.00. The topological polar surface area (TPSA) is 87.7 Å². The first-order valence-corrected chi connectivity index (χ1v) is 12.6. The second-order valence-corrected chi connectivity index (χ2v) is 8.87. The highest BCUT2D eigenvalue weighted by molar-refractivity contribution is 5.95. The van der Waals surface area contributed by atoms with Crippen LogP contribution in [0, 0.1) is 0 Å². The minimum absolute atomic E-state index is 0.241. The van der Waals surface area contributed by atoms with Gasteiger partial charge in [-0.3, -0.25) is 9.59 Å². The summed E-state index contributed by atoms with van der Waals surface area (Å²) < 4.78 is 5.65. The van der Waals surface area contributed by atoms with Gasteiger partial charge in [0.1, 0.15) is 5.75 Å². The second-order valence-electron chi connectivity index (χ2n) is 8.87. The van der Waals surface area contributed by atoms with Crippen molar-refractivity contribution >= 4 is 17.6 Å². The van der Waals surface area contributed by atoms with Crippen molar-refractivity contribution in [3.63, 3.8) is 0 Å². The van der Waals surface area contributed by atoms with Crippen molar-refractivity contribution in [3.8, 4) is 5.75 Å². The highest BCUT2D eigenvalue weighted by Gasteiger charge is 2.19. The highest BCUT2D eigenvalue weighted by Crippen LogP contribution is 2.21. The predicted molar refractivity (Wildman–Crippen MR) is 143 cm³/mol. The molecule has 6 heteroatoms. The molecule has 6 nitrogen and oxygen atoms in total. The summed E-state index contributed by atoms with van der Waals surface area (Å²) >= 11 is 0. The Labute approximate surface area is 213 Å². The number of ether oxygens (including phenoxy) is 1. The molecule has 0 spiro atoms. The van der Waals surface area contributed by atoms with Crippen molar-refractivity contribution in [2.45, 2.75) is 58.1 Å². The summed E-state index contributed by atoms with van der Waals surface area (Å²) in [6, 6.07) is 22.7. The normalized spacial score (nSPS) is 11.5. The molecule has 3 aromatic rings. The Morgan fingerprint density at radius 1 is 0.917 bits per heavy atom. The van der Waals surface area contributed by atoms with E-state index in [-0.39, 0.29) is 17.6 Å². The fourth-order valence-electron chi connectivity index (χ4n) is 4.00. The lowest BCUT2D eigenvalue weighted by molar-refractivity contribution is -0.150. The van der Waals surface area contributed by atoms with Crippen molar-refractivity contribution in [1.29, 1.82) is 0 Å². The van der Waals surface area contributed by atoms with E-state index < -0.39 is 6.23 Å². The first kappa shape index (κ1) is 26.8. The average molecular weight is 489 g/mol. The van der Waals surface area contributed by atoms with Gasteiger partial charge in [-0.15, -0.1) is 0 Å². The molecule has 0 bridgehead atoms.